The van der Waals surface area contributed by atoms with Crippen molar-refractivity contribution >= 4 is 39.3 Å². The van der Waals surface area contributed by atoms with Gasteiger partial charge in [-0.05, 0) is 31.2 Å². The van der Waals surface area contributed by atoms with E-state index in [2.05, 4.69) is 0 Å². The Labute approximate surface area is 153 Å². The molecule has 2 aliphatic rings. The lowest BCUT2D eigenvalue weighted by atomic mass is 9.97. The number of hydrogen-bond donors (Lipinski definition) is 0. The van der Waals surface area contributed by atoms with Gasteiger partial charge in [-0.25, -0.2) is 4.98 Å². The number of fused-ring (bicyclic) bond motifs is 3. The first-order valence-electron chi connectivity index (χ1n) is 8.56. The van der Waals surface area contributed by atoms with Crippen LogP contribution in [-0.4, -0.2) is 41.1 Å². The summed E-state index contributed by atoms with van der Waals surface area (Å²) in [6.45, 7) is 1.31. The van der Waals surface area contributed by atoms with E-state index in [1.54, 1.807) is 23.0 Å². The second-order valence-electron chi connectivity index (χ2n) is 6.30. The molecule has 1 atom stereocenters. The lowest BCUT2D eigenvalue weighted by Crippen LogP contribution is -2.26. The Balaban J connectivity index is 1.82. The maximum atomic E-state index is 13.2. The smallest absolute Gasteiger partial charge is 0.319 e. The second-order valence-corrected chi connectivity index (χ2v) is 8.55. The van der Waals surface area contributed by atoms with Gasteiger partial charge < -0.3 is 9.47 Å². The summed E-state index contributed by atoms with van der Waals surface area (Å²) in [5.74, 6) is -0.219. The van der Waals surface area contributed by atoms with Gasteiger partial charge >= 0.3 is 5.97 Å². The molecular weight excluding hydrogens is 360 g/mol. The van der Waals surface area contributed by atoms with Gasteiger partial charge in [-0.15, -0.1) is 11.3 Å². The third-order valence-electron chi connectivity index (χ3n) is 4.69. The molecule has 1 saturated heterocycles. The number of thioether (sulfide) groups is 1. The van der Waals surface area contributed by atoms with Gasteiger partial charge in [0.25, 0.3) is 5.56 Å². The number of cyclic esters (lactones) is 1. The van der Waals surface area contributed by atoms with Gasteiger partial charge in [0.2, 0.25) is 0 Å². The highest BCUT2D eigenvalue weighted by molar-refractivity contribution is 8.00. The van der Waals surface area contributed by atoms with Crippen molar-refractivity contribution in [2.24, 2.45) is 0 Å². The van der Waals surface area contributed by atoms with Crippen LogP contribution in [0.2, 0.25) is 0 Å². The maximum absolute atomic E-state index is 13.2. The Kier molecular flexibility index (Phi) is 4.84. The molecule has 0 saturated carbocycles. The van der Waals surface area contributed by atoms with Crippen molar-refractivity contribution in [3.05, 3.63) is 20.8 Å². The number of nitrogens with zero attached hydrogens (tertiary/aromatic N) is 2. The molecule has 2 aromatic rings. The molecular formula is C17H20N2O4S2. The fourth-order valence-corrected chi connectivity index (χ4v) is 5.79. The van der Waals surface area contributed by atoms with Crippen LogP contribution in [0.4, 0.5) is 0 Å². The number of carbonyl (C=O) groups is 1. The van der Waals surface area contributed by atoms with E-state index < -0.39 is 0 Å². The standard InChI is InChI=1S/C17H20N2O4S2/c1-22-9-7-19-15(20)13-10-4-2-3-5-11(10)24-14(13)18-17(19)25-12-6-8-23-16(12)21/h12H,2-9H2,1H3. The van der Waals surface area contributed by atoms with Crippen LogP contribution in [0.25, 0.3) is 10.2 Å². The lowest BCUT2D eigenvalue weighted by Gasteiger charge is -2.14. The number of ether oxygens (including phenoxy) is 2. The van der Waals surface area contributed by atoms with E-state index >= 15 is 0 Å². The van der Waals surface area contributed by atoms with E-state index in [1.165, 1.54) is 28.6 Å². The summed E-state index contributed by atoms with van der Waals surface area (Å²) in [4.78, 5) is 31.9. The highest BCUT2D eigenvalue weighted by Gasteiger charge is 2.30. The molecule has 1 aliphatic heterocycles. The molecule has 2 aromatic heterocycles. The largest absolute Gasteiger partial charge is 0.465 e. The molecule has 0 bridgehead atoms. The monoisotopic (exact) mass is 380 g/mol. The minimum absolute atomic E-state index is 0.00434. The third kappa shape index (κ3) is 3.11. The Morgan fingerprint density at radius 2 is 2.20 bits per heavy atom. The summed E-state index contributed by atoms with van der Waals surface area (Å²) < 4.78 is 11.9. The number of esters is 1. The van der Waals surface area contributed by atoms with Crippen LogP contribution in [0, 0.1) is 0 Å². The van der Waals surface area contributed by atoms with Gasteiger partial charge in [0.15, 0.2) is 5.16 Å². The number of thiophene rings is 1. The fraction of sp³-hybridized carbons (Fsp3) is 0.588. The summed E-state index contributed by atoms with van der Waals surface area (Å²) in [7, 11) is 1.62. The molecule has 134 valence electrons. The molecule has 3 heterocycles. The maximum Gasteiger partial charge on any atom is 0.319 e. The van der Waals surface area contributed by atoms with Gasteiger partial charge in [0.05, 0.1) is 25.1 Å². The molecule has 0 N–H and O–H groups in total. The van der Waals surface area contributed by atoms with Crippen LogP contribution < -0.4 is 5.56 Å². The van der Waals surface area contributed by atoms with Gasteiger partial charge in [-0.3, -0.25) is 14.2 Å². The van der Waals surface area contributed by atoms with Crippen LogP contribution >= 0.6 is 23.1 Å². The van der Waals surface area contributed by atoms with E-state index in [0.717, 1.165) is 29.5 Å². The molecule has 0 amide bonds. The number of rotatable bonds is 5. The van der Waals surface area contributed by atoms with Crippen molar-refractivity contribution in [1.82, 2.24) is 9.55 Å². The summed E-state index contributed by atoms with van der Waals surface area (Å²) >= 11 is 2.97. The number of carbonyl (C=O) groups excluding carboxylic acids is 1. The summed E-state index contributed by atoms with van der Waals surface area (Å²) in [5, 5.41) is 1.08. The summed E-state index contributed by atoms with van der Waals surface area (Å²) in [6, 6.07) is 0. The topological polar surface area (TPSA) is 70.4 Å². The molecule has 0 aromatic carbocycles. The van der Waals surface area contributed by atoms with Crippen LogP contribution in [0.15, 0.2) is 9.95 Å². The third-order valence-corrected chi connectivity index (χ3v) is 7.11. The van der Waals surface area contributed by atoms with Gasteiger partial charge in [-0.1, -0.05) is 11.8 Å². The van der Waals surface area contributed by atoms with Crippen molar-refractivity contribution < 1.29 is 14.3 Å². The molecule has 25 heavy (non-hydrogen) atoms. The van der Waals surface area contributed by atoms with E-state index in [0.29, 0.717) is 31.3 Å². The second kappa shape index (κ2) is 7.09. The Morgan fingerprint density at radius 1 is 1.36 bits per heavy atom. The molecule has 4 rings (SSSR count). The Morgan fingerprint density at radius 3 is 2.96 bits per heavy atom. The number of aryl methyl sites for hydroxylation is 2. The minimum Gasteiger partial charge on any atom is -0.465 e. The van der Waals surface area contributed by atoms with Crippen LogP contribution in [0.1, 0.15) is 29.7 Å². The first kappa shape index (κ1) is 17.1. The Hall–Kier alpha value is -1.38. The van der Waals surface area contributed by atoms with Crippen molar-refractivity contribution in [2.45, 2.75) is 49.1 Å². The van der Waals surface area contributed by atoms with Crippen LogP contribution in [0.3, 0.4) is 0 Å². The van der Waals surface area contributed by atoms with Gasteiger partial charge in [-0.2, -0.15) is 0 Å². The minimum atomic E-state index is -0.285. The molecule has 8 heteroatoms. The van der Waals surface area contributed by atoms with Crippen LogP contribution in [-0.2, 0) is 33.7 Å². The highest BCUT2D eigenvalue weighted by Crippen LogP contribution is 2.36. The zero-order chi connectivity index (χ0) is 17.4. The molecule has 1 aliphatic carbocycles. The van der Waals surface area contributed by atoms with Gasteiger partial charge in [0.1, 0.15) is 10.1 Å². The molecule has 0 radical (unpaired) electrons. The van der Waals surface area contributed by atoms with Gasteiger partial charge in [0, 0.05) is 18.4 Å². The van der Waals surface area contributed by atoms with E-state index in [1.807, 2.05) is 0 Å². The average molecular weight is 380 g/mol. The van der Waals surface area contributed by atoms with E-state index in [4.69, 9.17) is 14.5 Å². The quantitative estimate of drug-likeness (QED) is 0.586. The normalized spacial score (nSPS) is 20.0. The SMILES string of the molecule is COCCn1c(SC2CCOC2=O)nc2sc3c(c2c1=O)CCCC3. The van der Waals surface area contributed by atoms with Crippen molar-refractivity contribution in [3.8, 4) is 0 Å². The van der Waals surface area contributed by atoms with Crippen molar-refractivity contribution in [2.75, 3.05) is 20.3 Å². The molecule has 0 spiro atoms. The fourth-order valence-electron chi connectivity index (χ4n) is 3.40. The first-order chi connectivity index (χ1) is 12.2. The van der Waals surface area contributed by atoms with E-state index in [-0.39, 0.29) is 16.8 Å². The summed E-state index contributed by atoms with van der Waals surface area (Å²) in [6.07, 6.45) is 4.94. The average Bonchev–Trinajstić information content (AvgIpc) is 3.18. The zero-order valence-electron chi connectivity index (χ0n) is 14.1. The van der Waals surface area contributed by atoms with E-state index in [9.17, 15) is 9.59 Å². The number of methoxy groups -OCH3 is 1. The van der Waals surface area contributed by atoms with Crippen molar-refractivity contribution in [1.29, 1.82) is 0 Å². The predicted octanol–water partition coefficient (Wildman–Crippen LogP) is 2.39. The molecule has 1 unspecified atom stereocenters. The highest BCUT2D eigenvalue weighted by atomic mass is 32.2. The zero-order valence-corrected chi connectivity index (χ0v) is 15.7. The summed E-state index contributed by atoms with van der Waals surface area (Å²) in [5.41, 5.74) is 1.18. The van der Waals surface area contributed by atoms with Crippen LogP contribution in [0.5, 0.6) is 0 Å². The predicted molar refractivity (Wildman–Crippen MR) is 97.6 cm³/mol. The number of aromatic nitrogens is 2. The van der Waals surface area contributed by atoms with Crippen molar-refractivity contribution in [3.63, 3.8) is 0 Å². The lowest BCUT2D eigenvalue weighted by molar-refractivity contribution is -0.137. The molecule has 6 nitrogen and oxygen atoms in total. The number of hydrogen-bond acceptors (Lipinski definition) is 7. The molecule has 1 fully saturated rings. The Bertz CT molecular complexity index is 874. The first-order valence-corrected chi connectivity index (χ1v) is 10.3.